The van der Waals surface area contributed by atoms with Crippen LogP contribution in [0.5, 0.6) is 5.88 Å². The molecular formula is C20H30N6O2. The van der Waals surface area contributed by atoms with Crippen LogP contribution in [0.1, 0.15) is 57.5 Å². The molecule has 2 aromatic heterocycles. The van der Waals surface area contributed by atoms with Crippen LogP contribution >= 0.6 is 0 Å². The lowest BCUT2D eigenvalue weighted by atomic mass is 9.98. The van der Waals surface area contributed by atoms with E-state index in [1.54, 1.807) is 4.68 Å². The summed E-state index contributed by atoms with van der Waals surface area (Å²) in [6.07, 6.45) is 2.90. The average molecular weight is 387 g/mol. The highest BCUT2D eigenvalue weighted by molar-refractivity contribution is 5.89. The van der Waals surface area contributed by atoms with Crippen LogP contribution in [0.2, 0.25) is 0 Å². The lowest BCUT2D eigenvalue weighted by Gasteiger charge is -2.20. The standard InChI is InChI=1S/C20H30N6O2/c1-20(2,3)28-17-7-5-6-15(22-17)8-9-16(27)23-19-24-18(25-26(19)4)14-10-12-21-13-11-14/h5-7,14,21H,8-13H2,1-4H3,(H,23,24,25,27). The van der Waals surface area contributed by atoms with Gasteiger partial charge in [0.25, 0.3) is 0 Å². The minimum absolute atomic E-state index is 0.101. The molecule has 0 unspecified atom stereocenters. The predicted molar refractivity (Wildman–Crippen MR) is 107 cm³/mol. The van der Waals surface area contributed by atoms with Gasteiger partial charge in [0, 0.05) is 31.1 Å². The fourth-order valence-electron chi connectivity index (χ4n) is 3.16. The molecule has 1 fully saturated rings. The van der Waals surface area contributed by atoms with E-state index in [0.717, 1.165) is 37.4 Å². The maximum atomic E-state index is 12.4. The lowest BCUT2D eigenvalue weighted by molar-refractivity contribution is -0.116. The van der Waals surface area contributed by atoms with Crippen LogP contribution in [-0.4, -0.2) is 44.3 Å². The second-order valence-corrected chi connectivity index (χ2v) is 8.17. The normalized spacial score (nSPS) is 15.4. The maximum absolute atomic E-state index is 12.4. The van der Waals surface area contributed by atoms with Gasteiger partial charge in [-0.15, -0.1) is 0 Å². The molecular weight excluding hydrogens is 356 g/mol. The smallest absolute Gasteiger partial charge is 0.227 e. The molecule has 2 aromatic rings. The van der Waals surface area contributed by atoms with Gasteiger partial charge in [0.2, 0.25) is 17.7 Å². The molecule has 3 rings (SSSR count). The molecule has 152 valence electrons. The molecule has 1 amide bonds. The van der Waals surface area contributed by atoms with E-state index in [2.05, 4.69) is 25.7 Å². The zero-order valence-corrected chi connectivity index (χ0v) is 17.2. The van der Waals surface area contributed by atoms with Gasteiger partial charge in [0.1, 0.15) is 5.60 Å². The van der Waals surface area contributed by atoms with Crippen LogP contribution < -0.4 is 15.4 Å². The number of aryl methyl sites for hydroxylation is 2. The number of nitrogens with one attached hydrogen (secondary N) is 2. The molecule has 1 aliphatic rings. The minimum Gasteiger partial charge on any atom is -0.472 e. The molecule has 0 spiro atoms. The van der Waals surface area contributed by atoms with Crippen LogP contribution in [0.25, 0.3) is 0 Å². The number of amides is 1. The zero-order valence-electron chi connectivity index (χ0n) is 17.2. The Bertz CT molecular complexity index is 805. The quantitative estimate of drug-likeness (QED) is 0.792. The van der Waals surface area contributed by atoms with Crippen molar-refractivity contribution < 1.29 is 9.53 Å². The van der Waals surface area contributed by atoms with E-state index in [1.165, 1.54) is 0 Å². The number of nitrogens with zero attached hydrogens (tertiary/aromatic N) is 4. The Balaban J connectivity index is 1.55. The number of hydrogen-bond donors (Lipinski definition) is 2. The molecule has 2 N–H and O–H groups in total. The van der Waals surface area contributed by atoms with E-state index in [-0.39, 0.29) is 11.5 Å². The van der Waals surface area contributed by atoms with Crippen molar-refractivity contribution in [3.05, 3.63) is 29.7 Å². The monoisotopic (exact) mass is 386 g/mol. The Labute approximate surface area is 166 Å². The Morgan fingerprint density at radius 3 is 2.75 bits per heavy atom. The number of pyridine rings is 1. The van der Waals surface area contributed by atoms with E-state index in [9.17, 15) is 4.79 Å². The van der Waals surface area contributed by atoms with Gasteiger partial charge in [0.05, 0.1) is 0 Å². The first-order valence-electron chi connectivity index (χ1n) is 9.86. The fraction of sp³-hybridized carbons (Fsp3) is 0.600. The summed E-state index contributed by atoms with van der Waals surface area (Å²) >= 11 is 0. The number of carbonyl (C=O) groups is 1. The van der Waals surface area contributed by atoms with Crippen molar-refractivity contribution in [1.82, 2.24) is 25.1 Å². The van der Waals surface area contributed by atoms with Gasteiger partial charge < -0.3 is 10.1 Å². The molecule has 1 saturated heterocycles. The molecule has 28 heavy (non-hydrogen) atoms. The summed E-state index contributed by atoms with van der Waals surface area (Å²) in [5.41, 5.74) is 0.519. The Morgan fingerprint density at radius 1 is 1.29 bits per heavy atom. The van der Waals surface area contributed by atoms with Gasteiger partial charge in [-0.1, -0.05) is 6.07 Å². The molecule has 0 aromatic carbocycles. The molecule has 0 radical (unpaired) electrons. The highest BCUT2D eigenvalue weighted by Gasteiger charge is 2.21. The number of carbonyl (C=O) groups excluding carboxylic acids is 1. The molecule has 0 bridgehead atoms. The van der Waals surface area contributed by atoms with Crippen molar-refractivity contribution in [3.63, 3.8) is 0 Å². The number of piperidine rings is 1. The second-order valence-electron chi connectivity index (χ2n) is 8.17. The lowest BCUT2D eigenvalue weighted by Crippen LogP contribution is -2.27. The molecule has 1 aliphatic heterocycles. The molecule has 3 heterocycles. The number of anilines is 1. The minimum atomic E-state index is -0.305. The molecule has 0 atom stereocenters. The van der Waals surface area contributed by atoms with Gasteiger partial charge in [-0.2, -0.15) is 10.1 Å². The number of ether oxygens (including phenoxy) is 1. The third-order valence-corrected chi connectivity index (χ3v) is 4.54. The number of hydrogen-bond acceptors (Lipinski definition) is 6. The van der Waals surface area contributed by atoms with Crippen LogP contribution in [0.15, 0.2) is 18.2 Å². The fourth-order valence-corrected chi connectivity index (χ4v) is 3.16. The summed E-state index contributed by atoms with van der Waals surface area (Å²) in [5.74, 6) is 2.14. The molecule has 0 aliphatic carbocycles. The van der Waals surface area contributed by atoms with Gasteiger partial charge in [-0.05, 0) is 59.2 Å². The average Bonchev–Trinajstić information content (AvgIpc) is 3.00. The van der Waals surface area contributed by atoms with Crippen molar-refractivity contribution in [2.75, 3.05) is 18.4 Å². The first-order chi connectivity index (χ1) is 13.3. The Morgan fingerprint density at radius 2 is 2.04 bits per heavy atom. The van der Waals surface area contributed by atoms with E-state index in [1.807, 2.05) is 46.0 Å². The van der Waals surface area contributed by atoms with Crippen LogP contribution in [0.4, 0.5) is 5.95 Å². The number of rotatable bonds is 6. The van der Waals surface area contributed by atoms with Crippen LogP contribution in [-0.2, 0) is 18.3 Å². The predicted octanol–water partition coefficient (Wildman–Crippen LogP) is 2.43. The number of aromatic nitrogens is 4. The van der Waals surface area contributed by atoms with Crippen molar-refractivity contribution in [1.29, 1.82) is 0 Å². The van der Waals surface area contributed by atoms with Crippen LogP contribution in [0, 0.1) is 0 Å². The molecule has 8 nitrogen and oxygen atoms in total. The Kier molecular flexibility index (Phi) is 6.28. The summed E-state index contributed by atoms with van der Waals surface area (Å²) in [6.45, 7) is 7.90. The van der Waals surface area contributed by atoms with Gasteiger partial charge >= 0.3 is 0 Å². The van der Waals surface area contributed by atoms with Crippen LogP contribution in [0.3, 0.4) is 0 Å². The van der Waals surface area contributed by atoms with Gasteiger partial charge in [-0.3, -0.25) is 10.1 Å². The Hall–Kier alpha value is -2.48. The summed E-state index contributed by atoms with van der Waals surface area (Å²) < 4.78 is 7.43. The van der Waals surface area contributed by atoms with E-state index >= 15 is 0 Å². The summed E-state index contributed by atoms with van der Waals surface area (Å²) in [4.78, 5) is 21.4. The highest BCUT2D eigenvalue weighted by Crippen LogP contribution is 2.23. The third kappa shape index (κ3) is 5.76. The van der Waals surface area contributed by atoms with Crippen molar-refractivity contribution in [3.8, 4) is 5.88 Å². The van der Waals surface area contributed by atoms with Crippen molar-refractivity contribution in [2.24, 2.45) is 7.05 Å². The van der Waals surface area contributed by atoms with E-state index < -0.39 is 0 Å². The molecule has 8 heteroatoms. The molecule has 0 saturated carbocycles. The van der Waals surface area contributed by atoms with Gasteiger partial charge in [0.15, 0.2) is 5.82 Å². The van der Waals surface area contributed by atoms with Crippen molar-refractivity contribution in [2.45, 2.75) is 58.0 Å². The zero-order chi connectivity index (χ0) is 20.1. The van der Waals surface area contributed by atoms with E-state index in [0.29, 0.717) is 30.6 Å². The summed E-state index contributed by atoms with van der Waals surface area (Å²) in [7, 11) is 1.81. The largest absolute Gasteiger partial charge is 0.472 e. The summed E-state index contributed by atoms with van der Waals surface area (Å²) in [6, 6.07) is 5.63. The second kappa shape index (κ2) is 8.68. The maximum Gasteiger partial charge on any atom is 0.227 e. The first-order valence-corrected chi connectivity index (χ1v) is 9.86. The van der Waals surface area contributed by atoms with E-state index in [4.69, 9.17) is 4.74 Å². The van der Waals surface area contributed by atoms with Gasteiger partial charge in [-0.25, -0.2) is 9.67 Å². The highest BCUT2D eigenvalue weighted by atomic mass is 16.5. The SMILES string of the molecule is Cn1nc(C2CCNCC2)nc1NC(=O)CCc1cccc(OC(C)(C)C)n1. The summed E-state index contributed by atoms with van der Waals surface area (Å²) in [5, 5.41) is 10.7. The first kappa shape index (κ1) is 20.3. The topological polar surface area (TPSA) is 94.0 Å². The third-order valence-electron chi connectivity index (χ3n) is 4.54. The van der Waals surface area contributed by atoms with Crippen molar-refractivity contribution >= 4 is 11.9 Å².